The van der Waals surface area contributed by atoms with Crippen LogP contribution in [0, 0.1) is 6.92 Å². The van der Waals surface area contributed by atoms with E-state index in [0.29, 0.717) is 11.6 Å². The average molecular weight is 315 g/mol. The fraction of sp³-hybridized carbons (Fsp3) is 0.556. The van der Waals surface area contributed by atoms with E-state index >= 15 is 0 Å². The highest BCUT2D eigenvalue weighted by molar-refractivity contribution is 6.00. The van der Waals surface area contributed by atoms with Gasteiger partial charge in [0.15, 0.2) is 0 Å². The molecule has 0 saturated heterocycles. The van der Waals surface area contributed by atoms with Gasteiger partial charge in [-0.05, 0) is 51.2 Å². The maximum Gasteiger partial charge on any atom is 0.270 e. The van der Waals surface area contributed by atoms with E-state index in [1.807, 2.05) is 20.8 Å². The number of nitrogens with zero attached hydrogens (tertiary/aromatic N) is 1. The number of fused-ring (bicyclic) bond motifs is 3. The zero-order chi connectivity index (χ0) is 16.6. The van der Waals surface area contributed by atoms with Crippen molar-refractivity contribution in [2.45, 2.75) is 52.0 Å². The van der Waals surface area contributed by atoms with E-state index < -0.39 is 0 Å². The summed E-state index contributed by atoms with van der Waals surface area (Å²) < 4.78 is 5.42. The molecule has 1 aliphatic carbocycles. The van der Waals surface area contributed by atoms with Gasteiger partial charge in [0.05, 0.1) is 18.3 Å². The predicted molar refractivity (Wildman–Crippen MR) is 91.0 cm³/mol. The monoisotopic (exact) mass is 315 g/mol. The van der Waals surface area contributed by atoms with Crippen molar-refractivity contribution in [3.63, 3.8) is 0 Å². The largest absolute Gasteiger partial charge is 0.384 e. The molecule has 124 valence electrons. The molecule has 1 amide bonds. The Morgan fingerprint density at radius 2 is 2.30 bits per heavy atom. The van der Waals surface area contributed by atoms with Crippen LogP contribution >= 0.6 is 0 Å². The second-order valence-corrected chi connectivity index (χ2v) is 6.71. The van der Waals surface area contributed by atoms with E-state index in [1.165, 1.54) is 17.7 Å². The molecule has 23 heavy (non-hydrogen) atoms. The Bertz CT molecular complexity index is 733. The molecule has 0 aromatic carbocycles. The Balaban J connectivity index is 2.13. The molecule has 0 bridgehead atoms. The second kappa shape index (κ2) is 6.32. The number of aromatic amines is 1. The van der Waals surface area contributed by atoms with Gasteiger partial charge >= 0.3 is 0 Å². The summed E-state index contributed by atoms with van der Waals surface area (Å²) in [5.41, 5.74) is 5.11. The Morgan fingerprint density at radius 3 is 3.00 bits per heavy atom. The van der Waals surface area contributed by atoms with Gasteiger partial charge < -0.3 is 15.0 Å². The van der Waals surface area contributed by atoms with E-state index in [9.17, 15) is 4.79 Å². The smallest absolute Gasteiger partial charge is 0.270 e. The number of H-pyrrole nitrogens is 1. The molecular formula is C18H25N3O2. The Hall–Kier alpha value is -1.88. The van der Waals surface area contributed by atoms with Crippen LogP contribution in [0.15, 0.2) is 6.20 Å². The number of carbonyl (C=O) groups is 1. The van der Waals surface area contributed by atoms with Crippen molar-refractivity contribution < 1.29 is 9.53 Å². The number of methoxy groups -OCH3 is 1. The van der Waals surface area contributed by atoms with Crippen LogP contribution in [-0.4, -0.2) is 35.6 Å². The lowest BCUT2D eigenvalue weighted by molar-refractivity contribution is 0.0937. The lowest BCUT2D eigenvalue weighted by Crippen LogP contribution is -2.31. The van der Waals surface area contributed by atoms with Crippen LogP contribution in [0.5, 0.6) is 0 Å². The summed E-state index contributed by atoms with van der Waals surface area (Å²) in [5, 5.41) is 4.09. The molecule has 2 aromatic heterocycles. The first kappa shape index (κ1) is 16.0. The number of aryl methyl sites for hydroxylation is 2. The molecule has 1 aliphatic rings. The third-order valence-corrected chi connectivity index (χ3v) is 4.59. The summed E-state index contributed by atoms with van der Waals surface area (Å²) in [6, 6.07) is 0.0979. The molecule has 1 atom stereocenters. The summed E-state index contributed by atoms with van der Waals surface area (Å²) in [5.74, 6) is 0.285. The first-order valence-electron chi connectivity index (χ1n) is 8.32. The van der Waals surface area contributed by atoms with E-state index in [1.54, 1.807) is 13.3 Å². The minimum Gasteiger partial charge on any atom is -0.384 e. The van der Waals surface area contributed by atoms with Crippen molar-refractivity contribution in [2.24, 2.45) is 0 Å². The van der Waals surface area contributed by atoms with Crippen molar-refractivity contribution in [1.29, 1.82) is 0 Å². The minimum absolute atomic E-state index is 0.0979. The lowest BCUT2D eigenvalue weighted by Gasteiger charge is -2.23. The number of pyridine rings is 1. The van der Waals surface area contributed by atoms with Crippen LogP contribution in [0.25, 0.3) is 10.9 Å². The Labute approximate surface area is 136 Å². The third kappa shape index (κ3) is 2.85. The van der Waals surface area contributed by atoms with Crippen LogP contribution in [0.2, 0.25) is 0 Å². The highest BCUT2D eigenvalue weighted by atomic mass is 16.5. The number of ether oxygens (including phenoxy) is 1. The molecule has 3 rings (SSSR count). The quantitative estimate of drug-likeness (QED) is 0.911. The zero-order valence-electron chi connectivity index (χ0n) is 14.3. The fourth-order valence-corrected chi connectivity index (χ4v) is 3.68. The number of aromatic nitrogens is 2. The number of nitrogens with one attached hydrogen (secondary N) is 2. The van der Waals surface area contributed by atoms with Crippen LogP contribution < -0.4 is 5.32 Å². The van der Waals surface area contributed by atoms with Gasteiger partial charge in [-0.3, -0.25) is 4.79 Å². The highest BCUT2D eigenvalue weighted by Gasteiger charge is 2.27. The molecule has 2 aromatic rings. The summed E-state index contributed by atoms with van der Waals surface area (Å²) >= 11 is 0. The van der Waals surface area contributed by atoms with Gasteiger partial charge in [0.1, 0.15) is 5.69 Å². The Morgan fingerprint density at radius 1 is 1.52 bits per heavy atom. The van der Waals surface area contributed by atoms with Crippen LogP contribution in [0.4, 0.5) is 0 Å². The second-order valence-electron chi connectivity index (χ2n) is 6.71. The van der Waals surface area contributed by atoms with E-state index in [0.717, 1.165) is 35.9 Å². The maximum atomic E-state index is 12.4. The number of rotatable bonds is 4. The summed E-state index contributed by atoms with van der Waals surface area (Å²) in [4.78, 5) is 20.3. The van der Waals surface area contributed by atoms with Gasteiger partial charge in [-0.1, -0.05) is 0 Å². The molecule has 0 spiro atoms. The van der Waals surface area contributed by atoms with Gasteiger partial charge in [0.2, 0.25) is 0 Å². The predicted octanol–water partition coefficient (Wildman–Crippen LogP) is 3.08. The van der Waals surface area contributed by atoms with Crippen molar-refractivity contribution in [3.8, 4) is 0 Å². The van der Waals surface area contributed by atoms with E-state index in [4.69, 9.17) is 4.74 Å². The van der Waals surface area contributed by atoms with Crippen molar-refractivity contribution in [1.82, 2.24) is 15.3 Å². The van der Waals surface area contributed by atoms with Crippen molar-refractivity contribution in [2.75, 3.05) is 13.7 Å². The molecule has 0 radical (unpaired) electrons. The standard InChI is InChI=1S/C18H25N3O2/c1-10(2)20-18(22)17-11(3)15-14(8-19-17)21-13-7-5-6-12(9-23-4)16(13)15/h8,10,12,21H,5-7,9H2,1-4H3,(H,20,22). The van der Waals surface area contributed by atoms with Crippen LogP contribution in [0.1, 0.15) is 59.9 Å². The van der Waals surface area contributed by atoms with Gasteiger partial charge in [-0.25, -0.2) is 4.98 Å². The molecule has 0 aliphatic heterocycles. The summed E-state index contributed by atoms with van der Waals surface area (Å²) in [6.07, 6.45) is 5.14. The third-order valence-electron chi connectivity index (χ3n) is 4.59. The number of hydrogen-bond donors (Lipinski definition) is 2. The van der Waals surface area contributed by atoms with Crippen molar-refractivity contribution in [3.05, 3.63) is 28.7 Å². The van der Waals surface area contributed by atoms with Crippen LogP contribution in [0.3, 0.4) is 0 Å². The number of hydrogen-bond acceptors (Lipinski definition) is 3. The lowest BCUT2D eigenvalue weighted by atomic mass is 9.84. The van der Waals surface area contributed by atoms with Gasteiger partial charge in [0.25, 0.3) is 5.91 Å². The topological polar surface area (TPSA) is 67.0 Å². The fourth-order valence-electron chi connectivity index (χ4n) is 3.68. The normalized spacial score (nSPS) is 17.5. The molecule has 5 heteroatoms. The van der Waals surface area contributed by atoms with Crippen molar-refractivity contribution >= 4 is 16.8 Å². The van der Waals surface area contributed by atoms with E-state index in [-0.39, 0.29) is 11.9 Å². The number of amides is 1. The zero-order valence-corrected chi connectivity index (χ0v) is 14.3. The van der Waals surface area contributed by atoms with Gasteiger partial charge in [-0.2, -0.15) is 0 Å². The molecule has 2 N–H and O–H groups in total. The summed E-state index contributed by atoms with van der Waals surface area (Å²) in [6.45, 7) is 6.63. The van der Waals surface area contributed by atoms with Gasteiger partial charge in [0, 0.05) is 30.1 Å². The molecule has 1 unspecified atom stereocenters. The first-order chi connectivity index (χ1) is 11.0. The van der Waals surface area contributed by atoms with Gasteiger partial charge in [-0.15, -0.1) is 0 Å². The molecular weight excluding hydrogens is 290 g/mol. The molecule has 0 fully saturated rings. The minimum atomic E-state index is -0.103. The summed E-state index contributed by atoms with van der Waals surface area (Å²) in [7, 11) is 1.75. The molecule has 0 saturated carbocycles. The Kier molecular flexibility index (Phi) is 4.39. The first-order valence-corrected chi connectivity index (χ1v) is 8.32. The number of carbonyl (C=O) groups excluding carboxylic acids is 1. The highest BCUT2D eigenvalue weighted by Crippen LogP contribution is 2.38. The SMILES string of the molecule is COCC1CCCc2[nH]c3cnc(C(=O)NC(C)C)c(C)c3c21. The van der Waals surface area contributed by atoms with Crippen LogP contribution in [-0.2, 0) is 11.2 Å². The van der Waals surface area contributed by atoms with E-state index in [2.05, 4.69) is 15.3 Å². The average Bonchev–Trinajstić information content (AvgIpc) is 2.87. The maximum absolute atomic E-state index is 12.4. The molecule has 2 heterocycles. The molecule has 5 nitrogen and oxygen atoms in total.